The summed E-state index contributed by atoms with van der Waals surface area (Å²) in [6, 6.07) is 0. The second kappa shape index (κ2) is 10.1. The van der Waals surface area contributed by atoms with Crippen LogP contribution in [0.15, 0.2) is 0 Å². The minimum Gasteiger partial charge on any atom is -0.345 e. The predicted octanol–water partition coefficient (Wildman–Crippen LogP) is 3.13. The van der Waals surface area contributed by atoms with Crippen LogP contribution in [0.5, 0.6) is 0 Å². The summed E-state index contributed by atoms with van der Waals surface area (Å²) < 4.78 is 0. The Morgan fingerprint density at radius 2 is 1.78 bits per heavy atom. The lowest BCUT2D eigenvalue weighted by Crippen LogP contribution is -2.33. The van der Waals surface area contributed by atoms with Crippen LogP contribution in [0.3, 0.4) is 0 Å². The molecule has 3 nitrogen and oxygen atoms in total. The smallest absolute Gasteiger partial charge is 0.209 e. The maximum Gasteiger partial charge on any atom is 0.209 e. The molecule has 0 aromatic rings. The van der Waals surface area contributed by atoms with Crippen LogP contribution in [-0.4, -0.2) is 30.7 Å². The summed E-state index contributed by atoms with van der Waals surface area (Å²) in [5.41, 5.74) is 0. The summed E-state index contributed by atoms with van der Waals surface area (Å²) in [6.45, 7) is 9.92. The Labute approximate surface area is 112 Å². The average molecular weight is 255 g/mol. The van der Waals surface area contributed by atoms with Crippen molar-refractivity contribution in [2.45, 2.75) is 53.4 Å². The largest absolute Gasteiger partial charge is 0.345 e. The predicted molar refractivity (Wildman–Crippen MR) is 75.3 cm³/mol. The second-order valence-corrected chi connectivity index (χ2v) is 5.71. The van der Waals surface area contributed by atoms with Gasteiger partial charge in [0.05, 0.1) is 0 Å². The van der Waals surface area contributed by atoms with Gasteiger partial charge in [0.25, 0.3) is 0 Å². The van der Waals surface area contributed by atoms with Crippen molar-refractivity contribution in [3.05, 3.63) is 0 Å². The van der Waals surface area contributed by atoms with Crippen molar-refractivity contribution in [3.8, 4) is 0 Å². The third-order valence-corrected chi connectivity index (χ3v) is 3.39. The number of hydrogen-bond acceptors (Lipinski definition) is 2. The van der Waals surface area contributed by atoms with Gasteiger partial charge in [-0.15, -0.1) is 0 Å². The number of nitrogens with zero attached hydrogens (tertiary/aromatic N) is 1. The number of rotatable bonds is 11. The molecule has 0 rings (SSSR count). The van der Waals surface area contributed by atoms with Crippen LogP contribution in [0, 0.1) is 17.8 Å². The molecule has 0 aliphatic carbocycles. The molecule has 0 saturated heterocycles. The Morgan fingerprint density at radius 1 is 1.11 bits per heavy atom. The first-order valence-electron chi connectivity index (χ1n) is 7.19. The van der Waals surface area contributed by atoms with Gasteiger partial charge in [0, 0.05) is 19.0 Å². The van der Waals surface area contributed by atoms with Crippen molar-refractivity contribution in [1.29, 1.82) is 0 Å². The fourth-order valence-electron chi connectivity index (χ4n) is 2.30. The van der Waals surface area contributed by atoms with Crippen molar-refractivity contribution < 1.29 is 9.59 Å². The lowest BCUT2D eigenvalue weighted by molar-refractivity contribution is -0.120. The fourth-order valence-corrected chi connectivity index (χ4v) is 2.30. The lowest BCUT2D eigenvalue weighted by Gasteiger charge is -2.26. The van der Waals surface area contributed by atoms with Crippen molar-refractivity contribution in [2.75, 3.05) is 13.1 Å². The molecule has 0 aliphatic rings. The number of carbonyl (C=O) groups is 2. The van der Waals surface area contributed by atoms with Gasteiger partial charge in [-0.2, -0.15) is 0 Å². The highest BCUT2D eigenvalue weighted by atomic mass is 16.1. The molecule has 3 heteroatoms. The Morgan fingerprint density at radius 3 is 2.22 bits per heavy atom. The quantitative estimate of drug-likeness (QED) is 0.420. The van der Waals surface area contributed by atoms with E-state index in [4.69, 9.17) is 0 Å². The molecular weight excluding hydrogens is 226 g/mol. The van der Waals surface area contributed by atoms with Crippen LogP contribution in [0.2, 0.25) is 0 Å². The molecule has 0 bridgehead atoms. The van der Waals surface area contributed by atoms with E-state index in [0.717, 1.165) is 44.9 Å². The number of aldehydes is 1. The van der Waals surface area contributed by atoms with E-state index in [0.29, 0.717) is 18.4 Å². The number of unbranched alkanes of at least 4 members (excludes halogenated alkanes) is 2. The van der Waals surface area contributed by atoms with Crippen molar-refractivity contribution in [3.63, 3.8) is 0 Å². The highest BCUT2D eigenvalue weighted by Gasteiger charge is 2.20. The molecule has 106 valence electrons. The minimum atomic E-state index is -0.0285. The molecule has 0 heterocycles. The highest BCUT2D eigenvalue weighted by molar-refractivity contribution is 5.56. The van der Waals surface area contributed by atoms with E-state index < -0.39 is 0 Å². The molecule has 2 unspecified atom stereocenters. The summed E-state index contributed by atoms with van der Waals surface area (Å²) in [4.78, 5) is 23.9. The van der Waals surface area contributed by atoms with Gasteiger partial charge < -0.3 is 9.69 Å². The Bertz CT molecular complexity index is 229. The van der Waals surface area contributed by atoms with Crippen LogP contribution < -0.4 is 0 Å². The minimum absolute atomic E-state index is 0.0285. The summed E-state index contributed by atoms with van der Waals surface area (Å²) in [6.07, 6.45) is 6.24. The molecule has 0 aromatic carbocycles. The Balaban J connectivity index is 4.21. The lowest BCUT2D eigenvalue weighted by atomic mass is 9.87. The normalized spacial score (nSPS) is 14.3. The van der Waals surface area contributed by atoms with Gasteiger partial charge in [-0.1, -0.05) is 40.5 Å². The molecule has 0 spiro atoms. The first kappa shape index (κ1) is 17.1. The van der Waals surface area contributed by atoms with E-state index in [-0.39, 0.29) is 5.92 Å². The van der Waals surface area contributed by atoms with E-state index in [1.54, 1.807) is 4.90 Å². The summed E-state index contributed by atoms with van der Waals surface area (Å²) >= 11 is 0. The van der Waals surface area contributed by atoms with E-state index in [2.05, 4.69) is 27.7 Å². The summed E-state index contributed by atoms with van der Waals surface area (Å²) in [5, 5.41) is 0. The molecule has 18 heavy (non-hydrogen) atoms. The highest BCUT2D eigenvalue weighted by Crippen LogP contribution is 2.19. The van der Waals surface area contributed by atoms with E-state index in [1.807, 2.05) is 0 Å². The molecule has 0 N–H and O–H groups in total. The first-order chi connectivity index (χ1) is 8.54. The molecule has 0 aromatic heterocycles. The molecule has 1 amide bonds. The average Bonchev–Trinajstić information content (AvgIpc) is 2.32. The van der Waals surface area contributed by atoms with Gasteiger partial charge in [-0.3, -0.25) is 4.79 Å². The van der Waals surface area contributed by atoms with Crippen LogP contribution in [0.25, 0.3) is 0 Å². The molecule has 0 saturated carbocycles. The standard InChI is InChI=1S/C15H29NO2/c1-5-6-7-8-16(12-18)10-15(11-17)14(4)9-13(2)3/h11-15H,5-10H2,1-4H3. The SMILES string of the molecule is CCCCCN(C=O)CC(C=O)C(C)CC(C)C. The maximum atomic E-state index is 11.2. The van der Waals surface area contributed by atoms with Gasteiger partial charge in [0.2, 0.25) is 6.41 Å². The van der Waals surface area contributed by atoms with Crippen molar-refractivity contribution >= 4 is 12.7 Å². The second-order valence-electron chi connectivity index (χ2n) is 5.71. The molecule has 0 fully saturated rings. The monoisotopic (exact) mass is 255 g/mol. The van der Waals surface area contributed by atoms with Crippen molar-refractivity contribution in [2.24, 2.45) is 17.8 Å². The zero-order valence-corrected chi connectivity index (χ0v) is 12.4. The van der Waals surface area contributed by atoms with Crippen LogP contribution in [0.4, 0.5) is 0 Å². The topological polar surface area (TPSA) is 37.4 Å². The van der Waals surface area contributed by atoms with Crippen LogP contribution in [0.1, 0.15) is 53.4 Å². The zero-order chi connectivity index (χ0) is 14.0. The summed E-state index contributed by atoms with van der Waals surface area (Å²) in [5.74, 6) is 0.905. The molecule has 0 radical (unpaired) electrons. The van der Waals surface area contributed by atoms with E-state index >= 15 is 0 Å². The Hall–Kier alpha value is -0.860. The van der Waals surface area contributed by atoms with E-state index in [9.17, 15) is 9.59 Å². The van der Waals surface area contributed by atoms with E-state index in [1.165, 1.54) is 0 Å². The van der Waals surface area contributed by atoms with Gasteiger partial charge in [-0.25, -0.2) is 0 Å². The molecular formula is C15H29NO2. The maximum absolute atomic E-state index is 11.2. The Kier molecular flexibility index (Phi) is 9.62. The fraction of sp³-hybridized carbons (Fsp3) is 0.867. The van der Waals surface area contributed by atoms with Gasteiger partial charge in [0.15, 0.2) is 0 Å². The number of amides is 1. The van der Waals surface area contributed by atoms with Gasteiger partial charge in [-0.05, 0) is 24.7 Å². The third-order valence-electron chi connectivity index (χ3n) is 3.39. The molecule has 2 atom stereocenters. The van der Waals surface area contributed by atoms with Crippen LogP contribution in [-0.2, 0) is 9.59 Å². The number of carbonyl (C=O) groups excluding carboxylic acids is 2. The first-order valence-corrected chi connectivity index (χ1v) is 7.19. The number of hydrogen-bond donors (Lipinski definition) is 0. The van der Waals surface area contributed by atoms with Gasteiger partial charge >= 0.3 is 0 Å². The van der Waals surface area contributed by atoms with Gasteiger partial charge in [0.1, 0.15) is 6.29 Å². The summed E-state index contributed by atoms with van der Waals surface area (Å²) in [7, 11) is 0. The van der Waals surface area contributed by atoms with Crippen LogP contribution >= 0.6 is 0 Å². The van der Waals surface area contributed by atoms with Crippen molar-refractivity contribution in [1.82, 2.24) is 4.90 Å². The third kappa shape index (κ3) is 7.46. The zero-order valence-electron chi connectivity index (χ0n) is 12.4. The molecule has 0 aliphatic heterocycles.